The molecule has 0 aliphatic carbocycles. The topological polar surface area (TPSA) is 45.1 Å². The zero-order valence-electron chi connectivity index (χ0n) is 9.77. The van der Waals surface area contributed by atoms with Gasteiger partial charge in [-0.25, -0.2) is 0 Å². The molecular formula is C12H14Cl2N2O2. The van der Waals surface area contributed by atoms with E-state index in [-0.39, 0.29) is 0 Å². The lowest BCUT2D eigenvalue weighted by Crippen LogP contribution is -2.39. The van der Waals surface area contributed by atoms with Gasteiger partial charge in [0.15, 0.2) is 0 Å². The van der Waals surface area contributed by atoms with Crippen molar-refractivity contribution in [3.63, 3.8) is 0 Å². The van der Waals surface area contributed by atoms with Gasteiger partial charge in [0.1, 0.15) is 5.71 Å². The minimum absolute atomic E-state index is 0.456. The molecule has 2 rings (SSSR count). The van der Waals surface area contributed by atoms with E-state index in [0.717, 1.165) is 18.7 Å². The molecule has 1 aromatic carbocycles. The third kappa shape index (κ3) is 3.36. The van der Waals surface area contributed by atoms with E-state index in [1.807, 2.05) is 0 Å². The van der Waals surface area contributed by atoms with Crippen molar-refractivity contribution in [2.45, 2.75) is 0 Å². The number of hydrogen-bond donors (Lipinski definition) is 1. The molecule has 0 aromatic heterocycles. The molecule has 0 spiro atoms. The van der Waals surface area contributed by atoms with Gasteiger partial charge >= 0.3 is 0 Å². The summed E-state index contributed by atoms with van der Waals surface area (Å²) < 4.78 is 5.27. The molecule has 4 nitrogen and oxygen atoms in total. The van der Waals surface area contributed by atoms with Crippen molar-refractivity contribution in [3.05, 3.63) is 33.8 Å². The van der Waals surface area contributed by atoms with Crippen LogP contribution < -0.4 is 0 Å². The second kappa shape index (κ2) is 6.38. The third-order valence-electron chi connectivity index (χ3n) is 2.85. The van der Waals surface area contributed by atoms with Crippen molar-refractivity contribution >= 4 is 28.9 Å². The molecule has 1 saturated heterocycles. The monoisotopic (exact) mass is 288 g/mol. The molecule has 0 amide bonds. The summed E-state index contributed by atoms with van der Waals surface area (Å²) in [7, 11) is 0. The minimum Gasteiger partial charge on any atom is -0.411 e. The van der Waals surface area contributed by atoms with Gasteiger partial charge in [0.25, 0.3) is 0 Å². The molecule has 0 atom stereocenters. The number of oxime groups is 1. The molecule has 1 N–H and O–H groups in total. The van der Waals surface area contributed by atoms with Crippen LogP contribution in [0.4, 0.5) is 0 Å². The first-order valence-corrected chi connectivity index (χ1v) is 6.43. The Hall–Kier alpha value is -0.810. The van der Waals surface area contributed by atoms with Crippen LogP contribution in [0.2, 0.25) is 10.0 Å². The summed E-state index contributed by atoms with van der Waals surface area (Å²) in [5.41, 5.74) is 1.36. The lowest BCUT2D eigenvalue weighted by molar-refractivity contribution is 0.0450. The normalized spacial score (nSPS) is 18.0. The van der Waals surface area contributed by atoms with Crippen LogP contribution in [-0.4, -0.2) is 48.7 Å². The van der Waals surface area contributed by atoms with Gasteiger partial charge in [-0.05, 0) is 12.1 Å². The fraction of sp³-hybridized carbons (Fsp3) is 0.417. The highest BCUT2D eigenvalue weighted by molar-refractivity contribution is 6.42. The standard InChI is InChI=1S/C12H14Cl2N2O2/c13-10-2-1-9(7-11(10)14)12(15-17)8-16-3-5-18-6-4-16/h1-2,7,17H,3-6,8H2/b15-12-. The Morgan fingerprint density at radius 2 is 2.00 bits per heavy atom. The maximum absolute atomic E-state index is 9.12. The average Bonchev–Trinajstić information content (AvgIpc) is 2.40. The SMILES string of the molecule is O/N=C(/CN1CCOCC1)c1ccc(Cl)c(Cl)c1. The Labute approximate surface area is 116 Å². The Balaban J connectivity index is 2.10. The predicted octanol–water partition coefficient (Wildman–Crippen LogP) is 2.50. The molecule has 6 heteroatoms. The Bertz CT molecular complexity index is 446. The van der Waals surface area contributed by atoms with Crippen LogP contribution in [0.1, 0.15) is 5.56 Å². The van der Waals surface area contributed by atoms with E-state index in [1.54, 1.807) is 18.2 Å². The first kappa shape index (κ1) is 13.6. The highest BCUT2D eigenvalue weighted by Gasteiger charge is 2.15. The fourth-order valence-corrected chi connectivity index (χ4v) is 2.13. The molecular weight excluding hydrogens is 275 g/mol. The maximum Gasteiger partial charge on any atom is 0.101 e. The number of hydrogen-bond acceptors (Lipinski definition) is 4. The summed E-state index contributed by atoms with van der Waals surface area (Å²) in [6.07, 6.45) is 0. The number of nitrogens with zero attached hydrogens (tertiary/aromatic N) is 2. The van der Waals surface area contributed by atoms with Gasteiger partial charge in [0.05, 0.1) is 23.3 Å². The molecule has 0 saturated carbocycles. The lowest BCUT2D eigenvalue weighted by Gasteiger charge is -2.26. The molecule has 1 aromatic rings. The highest BCUT2D eigenvalue weighted by Crippen LogP contribution is 2.23. The Morgan fingerprint density at radius 1 is 1.28 bits per heavy atom. The Morgan fingerprint density at radius 3 is 2.61 bits per heavy atom. The van der Waals surface area contributed by atoms with Gasteiger partial charge in [-0.2, -0.15) is 0 Å². The van der Waals surface area contributed by atoms with E-state index in [0.29, 0.717) is 35.5 Å². The second-order valence-corrected chi connectivity index (χ2v) is 4.88. The number of ether oxygens (including phenoxy) is 1. The zero-order chi connectivity index (χ0) is 13.0. The van der Waals surface area contributed by atoms with Crippen molar-refractivity contribution in [3.8, 4) is 0 Å². The van der Waals surface area contributed by atoms with Gasteiger partial charge in [0.2, 0.25) is 0 Å². The van der Waals surface area contributed by atoms with Crippen LogP contribution in [0.5, 0.6) is 0 Å². The molecule has 18 heavy (non-hydrogen) atoms. The number of halogens is 2. The lowest BCUT2D eigenvalue weighted by atomic mass is 10.1. The van der Waals surface area contributed by atoms with E-state index >= 15 is 0 Å². The quantitative estimate of drug-likeness (QED) is 0.528. The smallest absolute Gasteiger partial charge is 0.101 e. The van der Waals surface area contributed by atoms with Crippen molar-refractivity contribution in [2.75, 3.05) is 32.8 Å². The van der Waals surface area contributed by atoms with E-state index < -0.39 is 0 Å². The van der Waals surface area contributed by atoms with Gasteiger partial charge in [-0.15, -0.1) is 0 Å². The fourth-order valence-electron chi connectivity index (χ4n) is 1.83. The summed E-state index contributed by atoms with van der Waals surface area (Å²) >= 11 is 11.8. The molecule has 1 aliphatic heterocycles. The van der Waals surface area contributed by atoms with Gasteiger partial charge < -0.3 is 9.94 Å². The number of benzene rings is 1. The largest absolute Gasteiger partial charge is 0.411 e. The first-order valence-electron chi connectivity index (χ1n) is 5.67. The van der Waals surface area contributed by atoms with Gasteiger partial charge in [-0.3, -0.25) is 4.90 Å². The molecule has 0 radical (unpaired) electrons. The second-order valence-electron chi connectivity index (χ2n) is 4.06. The predicted molar refractivity (Wildman–Crippen MR) is 72.0 cm³/mol. The van der Waals surface area contributed by atoms with Gasteiger partial charge in [-0.1, -0.05) is 34.4 Å². The molecule has 1 fully saturated rings. The summed E-state index contributed by atoms with van der Waals surface area (Å²) in [5.74, 6) is 0. The summed E-state index contributed by atoms with van der Waals surface area (Å²) in [5, 5.41) is 13.4. The number of morpholine rings is 1. The van der Waals surface area contributed by atoms with Crippen LogP contribution in [0, 0.1) is 0 Å². The third-order valence-corrected chi connectivity index (χ3v) is 3.59. The van der Waals surface area contributed by atoms with E-state index in [4.69, 9.17) is 33.1 Å². The highest BCUT2D eigenvalue weighted by atomic mass is 35.5. The molecule has 1 aliphatic rings. The van der Waals surface area contributed by atoms with Crippen molar-refractivity contribution < 1.29 is 9.94 Å². The molecule has 0 bridgehead atoms. The van der Waals surface area contributed by atoms with Gasteiger partial charge in [0, 0.05) is 25.2 Å². The molecule has 98 valence electrons. The van der Waals surface area contributed by atoms with E-state index in [2.05, 4.69) is 10.1 Å². The van der Waals surface area contributed by atoms with E-state index in [9.17, 15) is 0 Å². The van der Waals surface area contributed by atoms with Crippen LogP contribution in [0.15, 0.2) is 23.4 Å². The Kier molecular flexibility index (Phi) is 4.83. The van der Waals surface area contributed by atoms with E-state index in [1.165, 1.54) is 0 Å². The zero-order valence-corrected chi connectivity index (χ0v) is 11.3. The van der Waals surface area contributed by atoms with Crippen LogP contribution in [0.25, 0.3) is 0 Å². The maximum atomic E-state index is 9.12. The van der Waals surface area contributed by atoms with Crippen LogP contribution in [0.3, 0.4) is 0 Å². The summed E-state index contributed by atoms with van der Waals surface area (Å²) in [6.45, 7) is 3.65. The molecule has 1 heterocycles. The summed E-state index contributed by atoms with van der Waals surface area (Å²) in [6, 6.07) is 5.20. The summed E-state index contributed by atoms with van der Waals surface area (Å²) in [4.78, 5) is 2.17. The van der Waals surface area contributed by atoms with Crippen molar-refractivity contribution in [2.24, 2.45) is 5.16 Å². The number of rotatable bonds is 3. The van der Waals surface area contributed by atoms with Crippen LogP contribution in [-0.2, 0) is 4.74 Å². The van der Waals surface area contributed by atoms with Crippen LogP contribution >= 0.6 is 23.2 Å². The first-order chi connectivity index (χ1) is 8.70. The van der Waals surface area contributed by atoms with Crippen molar-refractivity contribution in [1.29, 1.82) is 0 Å². The van der Waals surface area contributed by atoms with Crippen molar-refractivity contribution in [1.82, 2.24) is 4.90 Å². The molecule has 0 unspecified atom stereocenters. The minimum atomic E-state index is 0.456. The average molecular weight is 289 g/mol.